The van der Waals surface area contributed by atoms with E-state index in [0.29, 0.717) is 11.1 Å². The number of pyridine rings is 1. The smallest absolute Gasteiger partial charge is 0.356 e. The summed E-state index contributed by atoms with van der Waals surface area (Å²) in [4.78, 5) is 15.9. The van der Waals surface area contributed by atoms with Gasteiger partial charge in [-0.2, -0.15) is 0 Å². The first-order chi connectivity index (χ1) is 11.5. The molecule has 1 N–H and O–H groups in total. The largest absolute Gasteiger partial charge is 0.464 e. The lowest BCUT2D eigenvalue weighted by Gasteiger charge is -2.14. The molecule has 0 saturated carbocycles. The molecule has 2 aromatic carbocycles. The summed E-state index contributed by atoms with van der Waals surface area (Å²) in [6, 6.07) is 12.3. The van der Waals surface area contributed by atoms with E-state index in [4.69, 9.17) is 4.74 Å². The predicted molar refractivity (Wildman–Crippen MR) is 92.2 cm³/mol. The molecular weight excluding hydrogens is 307 g/mol. The average molecular weight is 324 g/mol. The third kappa shape index (κ3) is 2.93. The fourth-order valence-corrected chi connectivity index (χ4v) is 2.62. The van der Waals surface area contributed by atoms with Crippen LogP contribution in [0.15, 0.2) is 42.5 Å². The Bertz CT molecular complexity index is 938. The van der Waals surface area contributed by atoms with Crippen molar-refractivity contribution < 1.29 is 13.9 Å². The molecule has 0 aliphatic carbocycles. The molecule has 0 radical (unpaired) electrons. The Morgan fingerprint density at radius 2 is 1.92 bits per heavy atom. The van der Waals surface area contributed by atoms with Crippen molar-refractivity contribution in [3.05, 3.63) is 65.1 Å². The van der Waals surface area contributed by atoms with E-state index in [0.717, 1.165) is 16.8 Å². The maximum atomic E-state index is 14.1. The summed E-state index contributed by atoms with van der Waals surface area (Å²) in [6.07, 6.45) is 0. The Morgan fingerprint density at radius 1 is 1.12 bits per heavy atom. The van der Waals surface area contributed by atoms with Crippen LogP contribution in [-0.2, 0) is 4.74 Å². The van der Waals surface area contributed by atoms with Gasteiger partial charge in [-0.3, -0.25) is 0 Å². The minimum absolute atomic E-state index is 0.0577. The number of hydrogen-bond acceptors (Lipinski definition) is 4. The maximum absolute atomic E-state index is 14.1. The fourth-order valence-electron chi connectivity index (χ4n) is 2.62. The molecule has 4 nitrogen and oxygen atoms in total. The first kappa shape index (κ1) is 15.9. The van der Waals surface area contributed by atoms with Gasteiger partial charge in [0.1, 0.15) is 11.3 Å². The quantitative estimate of drug-likeness (QED) is 0.720. The molecule has 0 spiro atoms. The van der Waals surface area contributed by atoms with Crippen molar-refractivity contribution in [3.8, 4) is 0 Å². The molecule has 3 rings (SSSR count). The van der Waals surface area contributed by atoms with Gasteiger partial charge < -0.3 is 10.1 Å². The van der Waals surface area contributed by atoms with E-state index in [1.165, 1.54) is 13.2 Å². The summed E-state index contributed by atoms with van der Waals surface area (Å²) in [7, 11) is 1.27. The Labute approximate surface area is 139 Å². The number of esters is 1. The van der Waals surface area contributed by atoms with Crippen molar-refractivity contribution >= 4 is 28.2 Å². The number of hydrogen-bond donors (Lipinski definition) is 1. The van der Waals surface area contributed by atoms with Crippen molar-refractivity contribution in [3.63, 3.8) is 0 Å². The highest BCUT2D eigenvalue weighted by atomic mass is 19.1. The SMILES string of the molecule is COC(=O)c1cc(Nc2ccc(C)cc2C)c2cccc(F)c2n1. The number of nitrogens with zero attached hydrogens (tertiary/aromatic N) is 1. The minimum atomic E-state index is -0.608. The number of benzene rings is 2. The summed E-state index contributed by atoms with van der Waals surface area (Å²) in [6.45, 7) is 4.00. The number of aromatic nitrogens is 1. The van der Waals surface area contributed by atoms with Crippen LogP contribution in [0, 0.1) is 19.7 Å². The van der Waals surface area contributed by atoms with Gasteiger partial charge in [0.25, 0.3) is 0 Å². The van der Waals surface area contributed by atoms with Crippen molar-refractivity contribution in [2.24, 2.45) is 0 Å². The topological polar surface area (TPSA) is 51.2 Å². The molecule has 0 aliphatic rings. The lowest BCUT2D eigenvalue weighted by Crippen LogP contribution is -2.07. The third-order valence-electron chi connectivity index (χ3n) is 3.84. The summed E-state index contributed by atoms with van der Waals surface area (Å²) in [5.74, 6) is -1.09. The van der Waals surface area contributed by atoms with Gasteiger partial charge in [-0.15, -0.1) is 0 Å². The molecule has 3 aromatic rings. The van der Waals surface area contributed by atoms with Crippen LogP contribution in [0.4, 0.5) is 15.8 Å². The van der Waals surface area contributed by atoms with Gasteiger partial charge in [-0.05, 0) is 37.6 Å². The number of anilines is 2. The van der Waals surface area contributed by atoms with Gasteiger partial charge in [0.15, 0.2) is 5.69 Å². The Kier molecular flexibility index (Phi) is 4.16. The molecule has 0 saturated heterocycles. The molecule has 0 aliphatic heterocycles. The number of halogens is 1. The number of rotatable bonds is 3. The standard InChI is InChI=1S/C19H17FN2O2/c1-11-7-8-15(12(2)9-11)21-16-10-17(19(23)24-3)22-18-13(16)5-4-6-14(18)20/h4-10H,1-3H3,(H,21,22). The van der Waals surface area contributed by atoms with Crippen molar-refractivity contribution in [1.82, 2.24) is 4.98 Å². The Morgan fingerprint density at radius 3 is 2.62 bits per heavy atom. The number of para-hydroxylation sites is 1. The molecule has 5 heteroatoms. The highest BCUT2D eigenvalue weighted by molar-refractivity contribution is 5.99. The van der Waals surface area contributed by atoms with E-state index >= 15 is 0 Å². The fraction of sp³-hybridized carbons (Fsp3) is 0.158. The number of aryl methyl sites for hydroxylation is 2. The highest BCUT2D eigenvalue weighted by Crippen LogP contribution is 2.29. The van der Waals surface area contributed by atoms with E-state index in [1.54, 1.807) is 18.2 Å². The van der Waals surface area contributed by atoms with Gasteiger partial charge in [-0.1, -0.05) is 29.8 Å². The average Bonchev–Trinajstić information content (AvgIpc) is 2.57. The summed E-state index contributed by atoms with van der Waals surface area (Å²) in [5.41, 5.74) is 3.88. The second-order valence-electron chi connectivity index (χ2n) is 5.63. The van der Waals surface area contributed by atoms with Crippen molar-refractivity contribution in [2.45, 2.75) is 13.8 Å². The van der Waals surface area contributed by atoms with E-state index in [2.05, 4.69) is 10.3 Å². The molecule has 0 fully saturated rings. The Hall–Kier alpha value is -2.95. The zero-order valence-electron chi connectivity index (χ0n) is 13.7. The zero-order valence-corrected chi connectivity index (χ0v) is 13.7. The molecule has 24 heavy (non-hydrogen) atoms. The van der Waals surface area contributed by atoms with Gasteiger partial charge in [0.2, 0.25) is 0 Å². The first-order valence-electron chi connectivity index (χ1n) is 7.51. The predicted octanol–water partition coefficient (Wildman–Crippen LogP) is 4.52. The monoisotopic (exact) mass is 324 g/mol. The van der Waals surface area contributed by atoms with Crippen LogP contribution in [0.1, 0.15) is 21.6 Å². The van der Waals surface area contributed by atoms with Gasteiger partial charge in [-0.25, -0.2) is 14.2 Å². The second-order valence-corrected chi connectivity index (χ2v) is 5.63. The molecule has 0 bridgehead atoms. The van der Waals surface area contributed by atoms with Gasteiger partial charge in [0.05, 0.1) is 12.8 Å². The summed E-state index contributed by atoms with van der Waals surface area (Å²) < 4.78 is 18.9. The molecule has 0 unspecified atom stereocenters. The highest BCUT2D eigenvalue weighted by Gasteiger charge is 2.15. The third-order valence-corrected chi connectivity index (χ3v) is 3.84. The summed E-state index contributed by atoms with van der Waals surface area (Å²) in [5, 5.41) is 3.87. The van der Waals surface area contributed by atoms with Crippen LogP contribution < -0.4 is 5.32 Å². The van der Waals surface area contributed by atoms with Crippen LogP contribution in [0.25, 0.3) is 10.9 Å². The number of nitrogens with one attached hydrogen (secondary N) is 1. The van der Waals surface area contributed by atoms with E-state index < -0.39 is 11.8 Å². The van der Waals surface area contributed by atoms with E-state index in [-0.39, 0.29) is 11.2 Å². The molecule has 0 amide bonds. The number of carbonyl (C=O) groups excluding carboxylic acids is 1. The number of fused-ring (bicyclic) bond motifs is 1. The molecule has 1 heterocycles. The first-order valence-corrected chi connectivity index (χ1v) is 7.51. The zero-order chi connectivity index (χ0) is 17.3. The van der Waals surface area contributed by atoms with E-state index in [9.17, 15) is 9.18 Å². The number of carbonyl (C=O) groups is 1. The van der Waals surface area contributed by atoms with Crippen LogP contribution in [0.3, 0.4) is 0 Å². The molecule has 122 valence electrons. The van der Waals surface area contributed by atoms with E-state index in [1.807, 2.05) is 32.0 Å². The van der Waals surface area contributed by atoms with Crippen LogP contribution in [0.5, 0.6) is 0 Å². The van der Waals surface area contributed by atoms with Crippen LogP contribution in [-0.4, -0.2) is 18.1 Å². The minimum Gasteiger partial charge on any atom is -0.464 e. The van der Waals surface area contributed by atoms with Crippen molar-refractivity contribution in [2.75, 3.05) is 12.4 Å². The second kappa shape index (κ2) is 6.28. The van der Waals surface area contributed by atoms with Gasteiger partial charge in [0, 0.05) is 11.1 Å². The van der Waals surface area contributed by atoms with Crippen molar-refractivity contribution in [1.29, 1.82) is 0 Å². The number of ether oxygens (including phenoxy) is 1. The van der Waals surface area contributed by atoms with Gasteiger partial charge >= 0.3 is 5.97 Å². The molecule has 1 aromatic heterocycles. The van der Waals surface area contributed by atoms with Crippen LogP contribution >= 0.6 is 0 Å². The van der Waals surface area contributed by atoms with Crippen LogP contribution in [0.2, 0.25) is 0 Å². The lowest BCUT2D eigenvalue weighted by atomic mass is 10.1. The molecular formula is C19H17FN2O2. The summed E-state index contributed by atoms with van der Waals surface area (Å²) >= 11 is 0. The Balaban J connectivity index is 2.18. The molecule has 0 atom stereocenters. The normalized spacial score (nSPS) is 10.7. The maximum Gasteiger partial charge on any atom is 0.356 e. The number of methoxy groups -OCH3 is 1. The lowest BCUT2D eigenvalue weighted by molar-refractivity contribution is 0.0594.